The Bertz CT molecular complexity index is 180. The molecule has 0 aromatic heterocycles. The number of nitrogens with one attached hydrogen (secondary N) is 1. The summed E-state index contributed by atoms with van der Waals surface area (Å²) < 4.78 is 0. The lowest BCUT2D eigenvalue weighted by Crippen LogP contribution is -2.42. The normalized spacial score (nSPS) is 24.2. The smallest absolute Gasteiger partial charge is 0.0221 e. The highest BCUT2D eigenvalue weighted by Crippen LogP contribution is 2.18. The van der Waals surface area contributed by atoms with Crippen LogP contribution in [0.2, 0.25) is 0 Å². The van der Waals surface area contributed by atoms with Crippen LogP contribution in [-0.4, -0.2) is 36.6 Å². The zero-order valence-corrected chi connectivity index (χ0v) is 11.6. The molecule has 2 nitrogen and oxygen atoms in total. The third-order valence-corrected chi connectivity index (χ3v) is 3.52. The Morgan fingerprint density at radius 2 is 2.06 bits per heavy atom. The van der Waals surface area contributed by atoms with E-state index in [9.17, 15) is 0 Å². The van der Waals surface area contributed by atoms with Crippen LogP contribution in [0.1, 0.15) is 53.4 Å². The first kappa shape index (κ1) is 14.0. The van der Waals surface area contributed by atoms with Crippen LogP contribution in [-0.2, 0) is 0 Å². The second-order valence-electron chi connectivity index (χ2n) is 5.78. The maximum absolute atomic E-state index is 3.69. The monoisotopic (exact) mass is 226 g/mol. The predicted octanol–water partition coefficient (Wildman–Crippen LogP) is 2.89. The Morgan fingerprint density at radius 1 is 1.31 bits per heavy atom. The first-order valence-electron chi connectivity index (χ1n) is 7.11. The maximum Gasteiger partial charge on any atom is 0.0221 e. The van der Waals surface area contributed by atoms with E-state index in [1.807, 2.05) is 0 Å². The SMILES string of the molecule is CCCC(C)NC[C@H]1CCCN1CC(C)C. The molecule has 1 N–H and O–H groups in total. The van der Waals surface area contributed by atoms with Gasteiger partial charge in [-0.15, -0.1) is 0 Å². The van der Waals surface area contributed by atoms with Crippen LogP contribution in [0.15, 0.2) is 0 Å². The van der Waals surface area contributed by atoms with Crippen molar-refractivity contribution in [1.29, 1.82) is 0 Å². The van der Waals surface area contributed by atoms with E-state index >= 15 is 0 Å². The molecule has 1 aliphatic rings. The van der Waals surface area contributed by atoms with Gasteiger partial charge in [0.1, 0.15) is 0 Å². The summed E-state index contributed by atoms with van der Waals surface area (Å²) in [5, 5.41) is 3.69. The number of hydrogen-bond donors (Lipinski definition) is 1. The van der Waals surface area contributed by atoms with E-state index in [0.717, 1.165) is 12.0 Å². The van der Waals surface area contributed by atoms with Gasteiger partial charge in [-0.25, -0.2) is 0 Å². The van der Waals surface area contributed by atoms with E-state index in [1.54, 1.807) is 0 Å². The van der Waals surface area contributed by atoms with Crippen LogP contribution in [0, 0.1) is 5.92 Å². The van der Waals surface area contributed by atoms with Crippen LogP contribution >= 0.6 is 0 Å². The first-order valence-corrected chi connectivity index (χ1v) is 7.11. The van der Waals surface area contributed by atoms with Crippen molar-refractivity contribution < 1.29 is 0 Å². The molecule has 1 saturated heterocycles. The predicted molar refractivity (Wildman–Crippen MR) is 71.8 cm³/mol. The molecule has 0 amide bonds. The van der Waals surface area contributed by atoms with Gasteiger partial charge in [0.25, 0.3) is 0 Å². The van der Waals surface area contributed by atoms with Crippen molar-refractivity contribution in [3.8, 4) is 0 Å². The van der Waals surface area contributed by atoms with Crippen molar-refractivity contribution in [2.24, 2.45) is 5.92 Å². The average Bonchev–Trinajstić information content (AvgIpc) is 2.62. The second-order valence-corrected chi connectivity index (χ2v) is 5.78. The number of likely N-dealkylation sites (tertiary alicyclic amines) is 1. The lowest BCUT2D eigenvalue weighted by atomic mass is 10.1. The summed E-state index contributed by atoms with van der Waals surface area (Å²) in [5.41, 5.74) is 0. The van der Waals surface area contributed by atoms with Gasteiger partial charge in [0, 0.05) is 25.2 Å². The summed E-state index contributed by atoms with van der Waals surface area (Å²) in [4.78, 5) is 2.68. The minimum atomic E-state index is 0.687. The Balaban J connectivity index is 2.24. The fourth-order valence-electron chi connectivity index (χ4n) is 2.71. The Kier molecular flexibility index (Phi) is 6.37. The van der Waals surface area contributed by atoms with Crippen LogP contribution in [0.4, 0.5) is 0 Å². The quantitative estimate of drug-likeness (QED) is 0.718. The third-order valence-electron chi connectivity index (χ3n) is 3.52. The first-order chi connectivity index (χ1) is 7.63. The molecule has 0 aromatic carbocycles. The standard InChI is InChI=1S/C14H30N2/c1-5-7-13(4)15-10-14-8-6-9-16(14)11-12(2)3/h12-15H,5-11H2,1-4H3/t13?,14-/m1/s1. The van der Waals surface area contributed by atoms with Gasteiger partial charge in [0.15, 0.2) is 0 Å². The molecular weight excluding hydrogens is 196 g/mol. The van der Waals surface area contributed by atoms with Gasteiger partial charge >= 0.3 is 0 Å². The fraction of sp³-hybridized carbons (Fsp3) is 1.00. The summed E-state index contributed by atoms with van der Waals surface area (Å²) in [6.45, 7) is 13.0. The van der Waals surface area contributed by atoms with Crippen LogP contribution < -0.4 is 5.32 Å². The van der Waals surface area contributed by atoms with E-state index in [1.165, 1.54) is 45.3 Å². The van der Waals surface area contributed by atoms with E-state index in [0.29, 0.717) is 6.04 Å². The second kappa shape index (κ2) is 7.29. The minimum absolute atomic E-state index is 0.687. The maximum atomic E-state index is 3.69. The molecule has 0 saturated carbocycles. The highest BCUT2D eigenvalue weighted by molar-refractivity contribution is 4.82. The molecule has 0 aromatic rings. The minimum Gasteiger partial charge on any atom is -0.313 e. The van der Waals surface area contributed by atoms with Crippen molar-refractivity contribution in [2.75, 3.05) is 19.6 Å². The van der Waals surface area contributed by atoms with Crippen molar-refractivity contribution in [3.63, 3.8) is 0 Å². The summed E-state index contributed by atoms with van der Waals surface area (Å²) in [6, 6.07) is 1.48. The lowest BCUT2D eigenvalue weighted by molar-refractivity contribution is 0.217. The molecule has 2 heteroatoms. The molecule has 0 aliphatic carbocycles. The Morgan fingerprint density at radius 3 is 2.69 bits per heavy atom. The van der Waals surface area contributed by atoms with Crippen molar-refractivity contribution in [1.82, 2.24) is 10.2 Å². The van der Waals surface area contributed by atoms with Gasteiger partial charge in [-0.05, 0) is 38.6 Å². The molecule has 1 unspecified atom stereocenters. The molecule has 0 spiro atoms. The fourth-order valence-corrected chi connectivity index (χ4v) is 2.71. The zero-order chi connectivity index (χ0) is 12.0. The van der Waals surface area contributed by atoms with Gasteiger partial charge in [-0.3, -0.25) is 4.90 Å². The molecule has 96 valence electrons. The number of rotatable bonds is 7. The molecular formula is C14H30N2. The van der Waals surface area contributed by atoms with Crippen molar-refractivity contribution >= 4 is 0 Å². The van der Waals surface area contributed by atoms with Gasteiger partial charge in [0.2, 0.25) is 0 Å². The van der Waals surface area contributed by atoms with Crippen LogP contribution in [0.5, 0.6) is 0 Å². The van der Waals surface area contributed by atoms with Crippen LogP contribution in [0.3, 0.4) is 0 Å². The molecule has 1 rings (SSSR count). The summed E-state index contributed by atoms with van der Waals surface area (Å²) in [6.07, 6.45) is 5.37. The molecule has 0 bridgehead atoms. The van der Waals surface area contributed by atoms with E-state index < -0.39 is 0 Å². The number of nitrogens with zero attached hydrogens (tertiary/aromatic N) is 1. The lowest BCUT2D eigenvalue weighted by Gasteiger charge is -2.27. The molecule has 16 heavy (non-hydrogen) atoms. The van der Waals surface area contributed by atoms with Gasteiger partial charge in [-0.2, -0.15) is 0 Å². The highest BCUT2D eigenvalue weighted by atomic mass is 15.2. The third kappa shape index (κ3) is 4.84. The molecule has 0 radical (unpaired) electrons. The average molecular weight is 226 g/mol. The Labute approximate surface area is 102 Å². The van der Waals surface area contributed by atoms with Crippen molar-refractivity contribution in [2.45, 2.75) is 65.5 Å². The van der Waals surface area contributed by atoms with Gasteiger partial charge in [0.05, 0.1) is 0 Å². The summed E-state index contributed by atoms with van der Waals surface area (Å²) >= 11 is 0. The van der Waals surface area contributed by atoms with Crippen LogP contribution in [0.25, 0.3) is 0 Å². The van der Waals surface area contributed by atoms with E-state index in [2.05, 4.69) is 37.9 Å². The Hall–Kier alpha value is -0.0800. The van der Waals surface area contributed by atoms with E-state index in [4.69, 9.17) is 0 Å². The topological polar surface area (TPSA) is 15.3 Å². The van der Waals surface area contributed by atoms with E-state index in [-0.39, 0.29) is 0 Å². The molecule has 2 atom stereocenters. The molecule has 1 aliphatic heterocycles. The summed E-state index contributed by atoms with van der Waals surface area (Å²) in [5.74, 6) is 0.800. The molecule has 1 heterocycles. The van der Waals surface area contributed by atoms with Gasteiger partial charge < -0.3 is 5.32 Å². The summed E-state index contributed by atoms with van der Waals surface area (Å²) in [7, 11) is 0. The zero-order valence-electron chi connectivity index (χ0n) is 11.6. The van der Waals surface area contributed by atoms with Gasteiger partial charge in [-0.1, -0.05) is 27.2 Å². The molecule has 1 fully saturated rings. The number of hydrogen-bond acceptors (Lipinski definition) is 2. The van der Waals surface area contributed by atoms with Crippen molar-refractivity contribution in [3.05, 3.63) is 0 Å². The largest absolute Gasteiger partial charge is 0.313 e. The highest BCUT2D eigenvalue weighted by Gasteiger charge is 2.24.